The van der Waals surface area contributed by atoms with Gasteiger partial charge in [-0.25, -0.2) is 0 Å². The summed E-state index contributed by atoms with van der Waals surface area (Å²) in [5, 5.41) is 3.75. The van der Waals surface area contributed by atoms with Gasteiger partial charge in [0, 0.05) is 12.6 Å². The van der Waals surface area contributed by atoms with Crippen LogP contribution in [0.2, 0.25) is 0 Å². The first-order chi connectivity index (χ1) is 9.31. The second-order valence-corrected chi connectivity index (χ2v) is 6.68. The summed E-state index contributed by atoms with van der Waals surface area (Å²) < 4.78 is 0. The highest BCUT2D eigenvalue weighted by atomic mass is 14.9. The largest absolute Gasteiger partial charge is 0.313 e. The highest BCUT2D eigenvalue weighted by Gasteiger charge is 2.25. The van der Waals surface area contributed by atoms with E-state index in [-0.39, 0.29) is 0 Å². The standard InChI is InChI=1S/C18H27N/c1-14-5-4-8-16(11-14)17(13-19-18-9-10-18)12-15-6-2-3-7-15/h4-5,8,11,15,17-19H,2-3,6-7,9-10,12-13H2,1H3. The molecule has 0 aromatic heterocycles. The molecule has 3 rings (SSSR count). The molecule has 0 saturated heterocycles. The molecule has 1 unspecified atom stereocenters. The number of aryl methyl sites for hydroxylation is 1. The third-order valence-corrected chi connectivity index (χ3v) is 4.84. The highest BCUT2D eigenvalue weighted by molar-refractivity contribution is 5.26. The number of benzene rings is 1. The Morgan fingerprint density at radius 3 is 2.63 bits per heavy atom. The maximum atomic E-state index is 3.75. The van der Waals surface area contributed by atoms with Crippen LogP contribution < -0.4 is 5.32 Å². The van der Waals surface area contributed by atoms with E-state index in [2.05, 4.69) is 36.5 Å². The predicted molar refractivity (Wildman–Crippen MR) is 81.5 cm³/mol. The maximum absolute atomic E-state index is 3.75. The first-order valence-corrected chi connectivity index (χ1v) is 8.11. The van der Waals surface area contributed by atoms with Gasteiger partial charge in [-0.2, -0.15) is 0 Å². The van der Waals surface area contributed by atoms with Crippen LogP contribution in [0.15, 0.2) is 24.3 Å². The summed E-state index contributed by atoms with van der Waals surface area (Å²) in [5.41, 5.74) is 2.96. The zero-order valence-electron chi connectivity index (χ0n) is 12.2. The second-order valence-electron chi connectivity index (χ2n) is 6.68. The molecular formula is C18H27N. The molecule has 0 spiro atoms. The Kier molecular flexibility index (Phi) is 4.22. The van der Waals surface area contributed by atoms with Crippen LogP contribution in [-0.4, -0.2) is 12.6 Å². The van der Waals surface area contributed by atoms with Gasteiger partial charge in [0.1, 0.15) is 0 Å². The molecular weight excluding hydrogens is 230 g/mol. The lowest BCUT2D eigenvalue weighted by Crippen LogP contribution is -2.24. The van der Waals surface area contributed by atoms with E-state index in [0.717, 1.165) is 17.9 Å². The van der Waals surface area contributed by atoms with Crippen molar-refractivity contribution in [3.8, 4) is 0 Å². The van der Waals surface area contributed by atoms with Gasteiger partial charge >= 0.3 is 0 Å². The van der Waals surface area contributed by atoms with Crippen molar-refractivity contribution in [2.24, 2.45) is 5.92 Å². The molecule has 19 heavy (non-hydrogen) atoms. The monoisotopic (exact) mass is 257 g/mol. The average molecular weight is 257 g/mol. The molecule has 1 aromatic carbocycles. The summed E-state index contributed by atoms with van der Waals surface area (Å²) in [6.45, 7) is 3.40. The van der Waals surface area contributed by atoms with Gasteiger partial charge in [0.15, 0.2) is 0 Å². The number of hydrogen-bond donors (Lipinski definition) is 1. The van der Waals surface area contributed by atoms with E-state index in [4.69, 9.17) is 0 Å². The molecule has 2 fully saturated rings. The van der Waals surface area contributed by atoms with Gasteiger partial charge in [-0.05, 0) is 43.6 Å². The van der Waals surface area contributed by atoms with Crippen LogP contribution in [-0.2, 0) is 0 Å². The summed E-state index contributed by atoms with van der Waals surface area (Å²) in [6.07, 6.45) is 10.0. The molecule has 1 N–H and O–H groups in total. The molecule has 2 aliphatic rings. The van der Waals surface area contributed by atoms with Crippen molar-refractivity contribution >= 4 is 0 Å². The van der Waals surface area contributed by atoms with Crippen molar-refractivity contribution in [1.82, 2.24) is 5.32 Å². The highest BCUT2D eigenvalue weighted by Crippen LogP contribution is 2.34. The molecule has 0 amide bonds. The van der Waals surface area contributed by atoms with E-state index >= 15 is 0 Å². The van der Waals surface area contributed by atoms with E-state index in [1.807, 2.05) is 0 Å². The van der Waals surface area contributed by atoms with Gasteiger partial charge < -0.3 is 5.32 Å². The average Bonchev–Trinajstić information content (AvgIpc) is 3.10. The fraction of sp³-hybridized carbons (Fsp3) is 0.667. The van der Waals surface area contributed by atoms with Crippen LogP contribution in [0, 0.1) is 12.8 Å². The minimum absolute atomic E-state index is 0.726. The second kappa shape index (κ2) is 6.09. The first kappa shape index (κ1) is 13.2. The van der Waals surface area contributed by atoms with Crippen LogP contribution in [0.5, 0.6) is 0 Å². The SMILES string of the molecule is Cc1cccc(C(CNC2CC2)CC2CCCC2)c1. The van der Waals surface area contributed by atoms with Crippen LogP contribution >= 0.6 is 0 Å². The summed E-state index contributed by atoms with van der Waals surface area (Å²) in [5.74, 6) is 1.70. The van der Waals surface area contributed by atoms with Crippen molar-refractivity contribution in [2.45, 2.75) is 63.8 Å². The maximum Gasteiger partial charge on any atom is 0.00684 e. The van der Waals surface area contributed by atoms with Crippen LogP contribution in [0.4, 0.5) is 0 Å². The summed E-state index contributed by atoms with van der Waals surface area (Å²) >= 11 is 0. The minimum atomic E-state index is 0.726. The number of rotatable bonds is 6. The Morgan fingerprint density at radius 1 is 1.16 bits per heavy atom. The molecule has 2 aliphatic carbocycles. The molecule has 0 bridgehead atoms. The Bertz CT molecular complexity index is 402. The third-order valence-electron chi connectivity index (χ3n) is 4.84. The number of hydrogen-bond acceptors (Lipinski definition) is 1. The summed E-state index contributed by atoms with van der Waals surface area (Å²) in [4.78, 5) is 0. The fourth-order valence-corrected chi connectivity index (χ4v) is 3.51. The molecule has 104 valence electrons. The molecule has 1 aromatic rings. The lowest BCUT2D eigenvalue weighted by molar-refractivity contribution is 0.426. The van der Waals surface area contributed by atoms with E-state index in [9.17, 15) is 0 Å². The normalized spacial score (nSPS) is 21.7. The van der Waals surface area contributed by atoms with Crippen LogP contribution in [0.1, 0.15) is 62.0 Å². The quantitative estimate of drug-likeness (QED) is 0.796. The Hall–Kier alpha value is -0.820. The van der Waals surface area contributed by atoms with E-state index < -0.39 is 0 Å². The van der Waals surface area contributed by atoms with E-state index in [0.29, 0.717) is 0 Å². The first-order valence-electron chi connectivity index (χ1n) is 8.11. The van der Waals surface area contributed by atoms with Gasteiger partial charge in [0.05, 0.1) is 0 Å². The fourth-order valence-electron chi connectivity index (χ4n) is 3.51. The van der Waals surface area contributed by atoms with Crippen molar-refractivity contribution in [2.75, 3.05) is 6.54 Å². The van der Waals surface area contributed by atoms with E-state index in [1.54, 1.807) is 5.56 Å². The van der Waals surface area contributed by atoms with Crippen LogP contribution in [0.3, 0.4) is 0 Å². The Morgan fingerprint density at radius 2 is 1.95 bits per heavy atom. The van der Waals surface area contributed by atoms with Gasteiger partial charge in [-0.1, -0.05) is 55.5 Å². The third kappa shape index (κ3) is 3.82. The molecule has 0 aliphatic heterocycles. The van der Waals surface area contributed by atoms with Crippen molar-refractivity contribution in [3.05, 3.63) is 35.4 Å². The van der Waals surface area contributed by atoms with Crippen LogP contribution in [0.25, 0.3) is 0 Å². The molecule has 1 nitrogen and oxygen atoms in total. The molecule has 0 heterocycles. The Labute approximate surface area is 117 Å². The topological polar surface area (TPSA) is 12.0 Å². The van der Waals surface area contributed by atoms with Gasteiger partial charge in [-0.3, -0.25) is 0 Å². The molecule has 2 saturated carbocycles. The van der Waals surface area contributed by atoms with Gasteiger partial charge in [-0.15, -0.1) is 0 Å². The van der Waals surface area contributed by atoms with Gasteiger partial charge in [0.25, 0.3) is 0 Å². The lowest BCUT2D eigenvalue weighted by Gasteiger charge is -2.22. The predicted octanol–water partition coefficient (Wildman–Crippen LogP) is 4.41. The summed E-state index contributed by atoms with van der Waals surface area (Å²) in [7, 11) is 0. The lowest BCUT2D eigenvalue weighted by atomic mass is 9.87. The van der Waals surface area contributed by atoms with Crippen molar-refractivity contribution in [1.29, 1.82) is 0 Å². The van der Waals surface area contributed by atoms with Gasteiger partial charge in [0.2, 0.25) is 0 Å². The Balaban J connectivity index is 1.66. The van der Waals surface area contributed by atoms with E-state index in [1.165, 1.54) is 57.1 Å². The number of nitrogens with one attached hydrogen (secondary N) is 1. The molecule has 0 radical (unpaired) electrons. The smallest absolute Gasteiger partial charge is 0.00684 e. The van der Waals surface area contributed by atoms with Crippen molar-refractivity contribution < 1.29 is 0 Å². The molecule has 1 heteroatoms. The van der Waals surface area contributed by atoms with Crippen molar-refractivity contribution in [3.63, 3.8) is 0 Å². The zero-order chi connectivity index (χ0) is 13.1. The zero-order valence-corrected chi connectivity index (χ0v) is 12.2. The summed E-state index contributed by atoms with van der Waals surface area (Å²) in [6, 6.07) is 10.00. The minimum Gasteiger partial charge on any atom is -0.313 e. The molecule has 1 atom stereocenters.